The van der Waals surface area contributed by atoms with Gasteiger partial charge in [-0.25, -0.2) is 0 Å². The van der Waals surface area contributed by atoms with E-state index in [1.165, 1.54) is 5.56 Å². The highest BCUT2D eigenvalue weighted by Crippen LogP contribution is 2.42. The van der Waals surface area contributed by atoms with Crippen LogP contribution in [0.5, 0.6) is 0 Å². The molecule has 0 radical (unpaired) electrons. The van der Waals surface area contributed by atoms with Crippen LogP contribution in [0.3, 0.4) is 0 Å². The monoisotopic (exact) mass is 302 g/mol. The van der Waals surface area contributed by atoms with Crippen molar-refractivity contribution in [3.63, 3.8) is 0 Å². The van der Waals surface area contributed by atoms with Crippen molar-refractivity contribution in [3.05, 3.63) is 35.9 Å². The van der Waals surface area contributed by atoms with Crippen LogP contribution < -0.4 is 5.32 Å². The van der Waals surface area contributed by atoms with Gasteiger partial charge in [-0.2, -0.15) is 0 Å². The van der Waals surface area contributed by atoms with Gasteiger partial charge in [0.1, 0.15) is 0 Å². The zero-order valence-corrected chi connectivity index (χ0v) is 13.5. The van der Waals surface area contributed by atoms with Crippen molar-refractivity contribution in [3.8, 4) is 0 Å². The minimum absolute atomic E-state index is 0.182. The highest BCUT2D eigenvalue weighted by atomic mass is 16.5. The topological polar surface area (TPSA) is 41.6 Å². The maximum atomic E-state index is 12.8. The summed E-state index contributed by atoms with van der Waals surface area (Å²) in [6.07, 6.45) is 3.03. The van der Waals surface area contributed by atoms with Crippen LogP contribution in [0.4, 0.5) is 0 Å². The summed E-state index contributed by atoms with van der Waals surface area (Å²) in [5, 5.41) is 3.32. The highest BCUT2D eigenvalue weighted by Gasteiger charge is 2.46. The van der Waals surface area contributed by atoms with Gasteiger partial charge in [0.05, 0.1) is 12.0 Å². The Hall–Kier alpha value is -1.39. The molecule has 120 valence electrons. The molecule has 4 heteroatoms. The van der Waals surface area contributed by atoms with Crippen molar-refractivity contribution in [2.45, 2.75) is 31.2 Å². The lowest BCUT2D eigenvalue weighted by Gasteiger charge is -2.40. The van der Waals surface area contributed by atoms with Gasteiger partial charge in [-0.3, -0.25) is 4.79 Å². The number of carbonyl (C=O) groups is 1. The van der Waals surface area contributed by atoms with Crippen LogP contribution in [0.1, 0.15) is 30.7 Å². The van der Waals surface area contributed by atoms with Crippen molar-refractivity contribution in [2.75, 3.05) is 33.9 Å². The number of hydrogen-bond donors (Lipinski definition) is 1. The van der Waals surface area contributed by atoms with Crippen LogP contribution in [0.25, 0.3) is 0 Å². The summed E-state index contributed by atoms with van der Waals surface area (Å²) in [5.74, 6) is 0.552. The minimum Gasteiger partial charge on any atom is -0.384 e. The largest absolute Gasteiger partial charge is 0.384 e. The summed E-state index contributed by atoms with van der Waals surface area (Å²) < 4.78 is 5.30. The first-order valence-electron chi connectivity index (χ1n) is 8.18. The number of likely N-dealkylation sites (N-methyl/N-ethyl adjacent to an activating group) is 1. The third-order valence-corrected chi connectivity index (χ3v) is 5.26. The van der Waals surface area contributed by atoms with E-state index in [4.69, 9.17) is 4.74 Å². The number of nitrogens with zero attached hydrogens (tertiary/aromatic N) is 1. The second-order valence-corrected chi connectivity index (χ2v) is 6.89. The predicted molar refractivity (Wildman–Crippen MR) is 86.8 cm³/mol. The van der Waals surface area contributed by atoms with E-state index in [9.17, 15) is 4.79 Å². The highest BCUT2D eigenvalue weighted by molar-refractivity contribution is 5.84. The summed E-state index contributed by atoms with van der Waals surface area (Å²) in [7, 11) is 3.81. The summed E-state index contributed by atoms with van der Waals surface area (Å²) in [6.45, 7) is 2.44. The van der Waals surface area contributed by atoms with E-state index in [0.29, 0.717) is 12.5 Å². The molecule has 1 amide bonds. The van der Waals surface area contributed by atoms with E-state index in [0.717, 1.165) is 32.4 Å². The Kier molecular flexibility index (Phi) is 4.50. The molecule has 1 aromatic carbocycles. The Balaban J connectivity index is 1.71. The molecule has 1 aliphatic carbocycles. The van der Waals surface area contributed by atoms with Crippen LogP contribution in [-0.4, -0.2) is 50.7 Å². The maximum absolute atomic E-state index is 12.8. The van der Waals surface area contributed by atoms with Crippen molar-refractivity contribution in [2.24, 2.45) is 5.41 Å². The zero-order chi connectivity index (χ0) is 15.6. The molecule has 3 rings (SSSR count). The van der Waals surface area contributed by atoms with Crippen LogP contribution >= 0.6 is 0 Å². The molecule has 0 spiro atoms. The molecule has 1 aromatic rings. The Morgan fingerprint density at radius 2 is 2.05 bits per heavy atom. The standard InChI is InChI=1S/C18H26N2O2/c1-20-11-15(14-7-4-3-5-8-14)16(12-20)19-17(21)18(13-22-2)9-6-10-18/h3-5,7-8,15-16H,6,9-13H2,1-2H3,(H,19,21)/t15-,16+/m1/s1. The molecule has 4 nitrogen and oxygen atoms in total. The average Bonchev–Trinajstić information content (AvgIpc) is 2.84. The third-order valence-electron chi connectivity index (χ3n) is 5.26. The van der Waals surface area contributed by atoms with Gasteiger partial charge in [-0.15, -0.1) is 0 Å². The van der Waals surface area contributed by atoms with Crippen molar-refractivity contribution >= 4 is 5.91 Å². The van der Waals surface area contributed by atoms with Crippen LogP contribution in [-0.2, 0) is 9.53 Å². The second-order valence-electron chi connectivity index (χ2n) is 6.89. The molecular formula is C18H26N2O2. The number of amides is 1. The van der Waals surface area contributed by atoms with E-state index < -0.39 is 0 Å². The van der Waals surface area contributed by atoms with Gasteiger partial charge in [0, 0.05) is 32.2 Å². The van der Waals surface area contributed by atoms with Gasteiger partial charge in [0.25, 0.3) is 0 Å². The number of benzene rings is 1. The molecule has 22 heavy (non-hydrogen) atoms. The number of nitrogens with one attached hydrogen (secondary N) is 1. The van der Waals surface area contributed by atoms with Crippen molar-refractivity contribution < 1.29 is 9.53 Å². The van der Waals surface area contributed by atoms with Crippen molar-refractivity contribution in [1.29, 1.82) is 0 Å². The molecule has 1 saturated heterocycles. The number of carbonyl (C=O) groups excluding carboxylic acids is 1. The van der Waals surface area contributed by atoms with Crippen LogP contribution in [0.2, 0.25) is 0 Å². The number of hydrogen-bond acceptors (Lipinski definition) is 3. The lowest BCUT2D eigenvalue weighted by molar-refractivity contribution is -0.141. The summed E-state index contributed by atoms with van der Waals surface area (Å²) in [4.78, 5) is 15.1. The Morgan fingerprint density at radius 1 is 1.32 bits per heavy atom. The summed E-state index contributed by atoms with van der Waals surface area (Å²) >= 11 is 0. The normalized spacial score (nSPS) is 27.4. The van der Waals surface area contributed by atoms with Gasteiger partial charge in [-0.05, 0) is 25.5 Å². The van der Waals surface area contributed by atoms with Gasteiger partial charge in [0.15, 0.2) is 0 Å². The third kappa shape index (κ3) is 2.90. The maximum Gasteiger partial charge on any atom is 0.228 e. The minimum atomic E-state index is -0.281. The van der Waals surface area contributed by atoms with Gasteiger partial charge < -0.3 is 15.0 Å². The van der Waals surface area contributed by atoms with Gasteiger partial charge >= 0.3 is 0 Å². The van der Waals surface area contributed by atoms with E-state index in [2.05, 4.69) is 41.5 Å². The van der Waals surface area contributed by atoms with Crippen molar-refractivity contribution in [1.82, 2.24) is 10.2 Å². The first-order valence-corrected chi connectivity index (χ1v) is 8.18. The number of rotatable bonds is 5. The Bertz CT molecular complexity index is 513. The molecule has 0 bridgehead atoms. The number of likely N-dealkylation sites (tertiary alicyclic amines) is 1. The second kappa shape index (κ2) is 6.39. The Morgan fingerprint density at radius 3 is 2.64 bits per heavy atom. The van der Waals surface area contributed by atoms with Gasteiger partial charge in [0.2, 0.25) is 5.91 Å². The smallest absolute Gasteiger partial charge is 0.228 e. The van der Waals surface area contributed by atoms with Crippen LogP contribution in [0, 0.1) is 5.41 Å². The molecule has 1 aliphatic heterocycles. The predicted octanol–water partition coefficient (Wildman–Crippen LogP) is 2.02. The number of ether oxygens (including phenoxy) is 1. The zero-order valence-electron chi connectivity index (χ0n) is 13.5. The quantitative estimate of drug-likeness (QED) is 0.905. The molecule has 0 unspecified atom stereocenters. The fourth-order valence-electron chi connectivity index (χ4n) is 3.82. The first-order chi connectivity index (χ1) is 10.6. The van der Waals surface area contributed by atoms with E-state index in [1.54, 1.807) is 7.11 Å². The van der Waals surface area contributed by atoms with Crippen LogP contribution in [0.15, 0.2) is 30.3 Å². The lowest BCUT2D eigenvalue weighted by atomic mass is 9.68. The lowest BCUT2D eigenvalue weighted by Crippen LogP contribution is -2.52. The van der Waals surface area contributed by atoms with E-state index >= 15 is 0 Å². The average molecular weight is 302 g/mol. The molecule has 2 aliphatic rings. The molecule has 1 heterocycles. The molecule has 1 saturated carbocycles. The molecule has 1 N–H and O–H groups in total. The Labute approximate surface area is 132 Å². The first kappa shape index (κ1) is 15.5. The number of methoxy groups -OCH3 is 1. The fourth-order valence-corrected chi connectivity index (χ4v) is 3.82. The van der Waals surface area contributed by atoms with Gasteiger partial charge in [-0.1, -0.05) is 36.8 Å². The summed E-state index contributed by atoms with van der Waals surface area (Å²) in [6, 6.07) is 10.7. The molecule has 2 atom stereocenters. The molecular weight excluding hydrogens is 276 g/mol. The van der Waals surface area contributed by atoms with E-state index in [-0.39, 0.29) is 17.4 Å². The SMILES string of the molecule is COCC1(C(=O)N[C@H]2CN(C)C[C@@H]2c2ccccc2)CCC1. The molecule has 0 aromatic heterocycles. The summed E-state index contributed by atoms with van der Waals surface area (Å²) in [5.41, 5.74) is 1.03. The van der Waals surface area contributed by atoms with E-state index in [1.807, 2.05) is 6.07 Å². The molecule has 2 fully saturated rings. The fraction of sp³-hybridized carbons (Fsp3) is 0.611.